The van der Waals surface area contributed by atoms with Crippen molar-refractivity contribution in [3.8, 4) is 11.1 Å². The molecule has 0 radical (unpaired) electrons. The fraction of sp³-hybridized carbons (Fsp3) is 0.200. The summed E-state index contributed by atoms with van der Waals surface area (Å²) in [4.78, 5) is 24.8. The number of hydrogen-bond donors (Lipinski definition) is 2. The van der Waals surface area contributed by atoms with Crippen LogP contribution in [0.15, 0.2) is 78.9 Å². The van der Waals surface area contributed by atoms with Crippen molar-refractivity contribution < 1.29 is 14.0 Å². The zero-order chi connectivity index (χ0) is 21.5. The average molecular weight is 404 g/mol. The summed E-state index contributed by atoms with van der Waals surface area (Å²) in [6.07, 6.45) is 0.402. The number of carbonyl (C=O) groups excluding carboxylic acids is 2. The van der Waals surface area contributed by atoms with E-state index in [0.717, 1.165) is 16.7 Å². The first kappa shape index (κ1) is 21.2. The summed E-state index contributed by atoms with van der Waals surface area (Å²) in [5.41, 5.74) is 9.11. The van der Waals surface area contributed by atoms with Gasteiger partial charge in [-0.1, -0.05) is 72.8 Å². The highest BCUT2D eigenvalue weighted by Crippen LogP contribution is 2.25. The van der Waals surface area contributed by atoms with Crippen LogP contribution in [-0.2, 0) is 22.4 Å². The van der Waals surface area contributed by atoms with E-state index in [0.29, 0.717) is 12.0 Å². The predicted octanol–water partition coefficient (Wildman–Crippen LogP) is 3.74. The molecule has 0 aromatic heterocycles. The lowest BCUT2D eigenvalue weighted by Gasteiger charge is -2.24. The summed E-state index contributed by atoms with van der Waals surface area (Å²) in [5.74, 6) is -2.83. The molecular formula is C25H25FN2O2. The molecule has 0 saturated heterocycles. The molecule has 2 amide bonds. The Morgan fingerprint density at radius 2 is 1.43 bits per heavy atom. The Labute approximate surface area is 175 Å². The Balaban J connectivity index is 1.84. The van der Waals surface area contributed by atoms with Gasteiger partial charge in [-0.3, -0.25) is 9.59 Å². The van der Waals surface area contributed by atoms with Crippen LogP contribution in [0.3, 0.4) is 0 Å². The first-order valence-electron chi connectivity index (χ1n) is 9.88. The van der Waals surface area contributed by atoms with E-state index in [2.05, 4.69) is 5.32 Å². The molecule has 3 rings (SSSR count). The van der Waals surface area contributed by atoms with Crippen molar-refractivity contribution in [2.75, 3.05) is 7.05 Å². The molecule has 2 atom stereocenters. The third-order valence-corrected chi connectivity index (χ3v) is 5.35. The Hall–Kier alpha value is -3.47. The van der Waals surface area contributed by atoms with E-state index in [1.807, 2.05) is 54.6 Å². The molecule has 0 aliphatic carbocycles. The molecule has 0 bridgehead atoms. The average Bonchev–Trinajstić information content (AvgIpc) is 2.77. The number of halogens is 1. The van der Waals surface area contributed by atoms with Crippen molar-refractivity contribution in [3.05, 3.63) is 95.8 Å². The third kappa shape index (κ3) is 5.11. The second-order valence-corrected chi connectivity index (χ2v) is 7.29. The van der Waals surface area contributed by atoms with Gasteiger partial charge in [-0.25, -0.2) is 4.39 Å². The molecular weight excluding hydrogens is 379 g/mol. The van der Waals surface area contributed by atoms with Gasteiger partial charge < -0.3 is 11.1 Å². The van der Waals surface area contributed by atoms with E-state index in [4.69, 9.17) is 5.73 Å². The maximum absolute atomic E-state index is 14.2. The van der Waals surface area contributed by atoms with Crippen molar-refractivity contribution in [1.82, 2.24) is 5.32 Å². The lowest BCUT2D eigenvalue weighted by molar-refractivity contribution is -0.133. The highest BCUT2D eigenvalue weighted by atomic mass is 19.1. The molecule has 154 valence electrons. The molecule has 5 heteroatoms. The van der Waals surface area contributed by atoms with Gasteiger partial charge in [0.1, 0.15) is 5.82 Å². The highest BCUT2D eigenvalue weighted by Gasteiger charge is 2.32. The van der Waals surface area contributed by atoms with Gasteiger partial charge in [0.15, 0.2) is 0 Å². The second kappa shape index (κ2) is 9.83. The largest absolute Gasteiger partial charge is 0.369 e. The number of nitrogens with one attached hydrogen (secondary N) is 1. The normalized spacial score (nSPS) is 12.7. The van der Waals surface area contributed by atoms with Crippen molar-refractivity contribution in [2.24, 2.45) is 17.6 Å². The molecule has 1 unspecified atom stereocenters. The summed E-state index contributed by atoms with van der Waals surface area (Å²) in [6.45, 7) is 0. The Bertz CT molecular complexity index is 1000. The van der Waals surface area contributed by atoms with Crippen molar-refractivity contribution in [1.29, 1.82) is 0 Å². The zero-order valence-electron chi connectivity index (χ0n) is 16.8. The van der Waals surface area contributed by atoms with Crippen LogP contribution in [0, 0.1) is 17.7 Å². The Morgan fingerprint density at radius 3 is 2.03 bits per heavy atom. The molecule has 3 aromatic rings. The van der Waals surface area contributed by atoms with Gasteiger partial charge in [0.25, 0.3) is 0 Å². The second-order valence-electron chi connectivity index (χ2n) is 7.29. The summed E-state index contributed by atoms with van der Waals surface area (Å²) < 4.78 is 14.2. The number of nitrogens with two attached hydrogens (primary N) is 1. The molecule has 4 nitrogen and oxygen atoms in total. The SMILES string of the molecule is CNC(=O)[C@H](Cc1ccccc1F)C(Cc1ccc(-c2ccccc2)cc1)C(N)=O. The molecule has 0 aliphatic heterocycles. The number of amides is 2. The predicted molar refractivity (Wildman–Crippen MR) is 116 cm³/mol. The minimum atomic E-state index is -0.766. The van der Waals surface area contributed by atoms with Crippen molar-refractivity contribution in [2.45, 2.75) is 12.8 Å². The van der Waals surface area contributed by atoms with Crippen molar-refractivity contribution in [3.63, 3.8) is 0 Å². The number of hydrogen-bond acceptors (Lipinski definition) is 2. The molecule has 0 fully saturated rings. The van der Waals surface area contributed by atoms with Crippen LogP contribution in [0.1, 0.15) is 11.1 Å². The van der Waals surface area contributed by atoms with Crippen LogP contribution < -0.4 is 11.1 Å². The van der Waals surface area contributed by atoms with E-state index < -0.39 is 23.6 Å². The fourth-order valence-electron chi connectivity index (χ4n) is 3.66. The van der Waals surface area contributed by atoms with Crippen LogP contribution in [-0.4, -0.2) is 18.9 Å². The third-order valence-electron chi connectivity index (χ3n) is 5.35. The summed E-state index contributed by atoms with van der Waals surface area (Å²) in [5, 5.41) is 2.59. The van der Waals surface area contributed by atoms with Gasteiger partial charge in [0.05, 0.1) is 11.8 Å². The van der Waals surface area contributed by atoms with Gasteiger partial charge in [-0.2, -0.15) is 0 Å². The monoisotopic (exact) mass is 404 g/mol. The van der Waals surface area contributed by atoms with Crippen LogP contribution in [0.2, 0.25) is 0 Å². The Morgan fingerprint density at radius 1 is 0.833 bits per heavy atom. The highest BCUT2D eigenvalue weighted by molar-refractivity contribution is 5.87. The number of primary amides is 1. The minimum absolute atomic E-state index is 0.0993. The summed E-state index contributed by atoms with van der Waals surface area (Å²) in [6, 6.07) is 24.1. The number of rotatable bonds is 8. The standard InChI is InChI=1S/C25H25FN2O2/c1-28-25(30)22(16-20-9-5-6-10-23(20)26)21(24(27)29)15-17-11-13-19(14-12-17)18-7-3-2-4-8-18/h2-14,21-22H,15-16H2,1H3,(H2,27,29)(H,28,30)/t21?,22-/m1/s1. The van der Waals surface area contributed by atoms with Gasteiger partial charge in [-0.15, -0.1) is 0 Å². The smallest absolute Gasteiger partial charge is 0.224 e. The maximum Gasteiger partial charge on any atom is 0.224 e. The molecule has 3 aromatic carbocycles. The van der Waals surface area contributed by atoms with Crippen LogP contribution in [0.4, 0.5) is 4.39 Å². The maximum atomic E-state index is 14.2. The van der Waals surface area contributed by atoms with Gasteiger partial charge in [0.2, 0.25) is 11.8 Å². The van der Waals surface area contributed by atoms with E-state index in [-0.39, 0.29) is 12.3 Å². The fourth-order valence-corrected chi connectivity index (χ4v) is 3.66. The van der Waals surface area contributed by atoms with E-state index in [1.165, 1.54) is 13.1 Å². The quantitative estimate of drug-likeness (QED) is 0.600. The lowest BCUT2D eigenvalue weighted by Crippen LogP contribution is -2.41. The number of benzene rings is 3. The molecule has 0 aliphatic rings. The minimum Gasteiger partial charge on any atom is -0.369 e. The molecule has 3 N–H and O–H groups in total. The van der Waals surface area contributed by atoms with E-state index in [1.54, 1.807) is 18.2 Å². The molecule has 0 spiro atoms. The van der Waals surface area contributed by atoms with Crippen LogP contribution in [0.5, 0.6) is 0 Å². The van der Waals surface area contributed by atoms with E-state index in [9.17, 15) is 14.0 Å². The molecule has 30 heavy (non-hydrogen) atoms. The number of carbonyl (C=O) groups is 2. The summed E-state index contributed by atoms with van der Waals surface area (Å²) >= 11 is 0. The Kier molecular flexibility index (Phi) is 6.96. The molecule has 0 heterocycles. The first-order chi connectivity index (χ1) is 14.5. The zero-order valence-corrected chi connectivity index (χ0v) is 16.8. The summed E-state index contributed by atoms with van der Waals surface area (Å²) in [7, 11) is 1.50. The molecule has 0 saturated carbocycles. The van der Waals surface area contributed by atoms with Crippen molar-refractivity contribution >= 4 is 11.8 Å². The first-order valence-corrected chi connectivity index (χ1v) is 9.88. The van der Waals surface area contributed by atoms with Gasteiger partial charge >= 0.3 is 0 Å². The lowest BCUT2D eigenvalue weighted by atomic mass is 9.81. The van der Waals surface area contributed by atoms with Gasteiger partial charge in [0, 0.05) is 7.05 Å². The topological polar surface area (TPSA) is 72.2 Å². The van der Waals surface area contributed by atoms with Gasteiger partial charge in [-0.05, 0) is 41.2 Å². The van der Waals surface area contributed by atoms with E-state index >= 15 is 0 Å². The van der Waals surface area contributed by atoms with Crippen LogP contribution >= 0.6 is 0 Å². The van der Waals surface area contributed by atoms with Crippen LogP contribution in [0.25, 0.3) is 11.1 Å².